The molecule has 0 amide bonds. The summed E-state index contributed by atoms with van der Waals surface area (Å²) in [5.74, 6) is -0.400. The number of esters is 1. The molecule has 0 saturated carbocycles. The normalized spacial score (nSPS) is 12.4. The maximum Gasteiger partial charge on any atom is 0.322 e. The summed E-state index contributed by atoms with van der Waals surface area (Å²) in [6.45, 7) is 2.56. The van der Waals surface area contributed by atoms with Crippen molar-refractivity contribution >= 4 is 5.97 Å². The minimum Gasteiger partial charge on any atom is -0.465 e. The largest absolute Gasteiger partial charge is 0.465 e. The molecule has 0 bridgehead atoms. The zero-order chi connectivity index (χ0) is 12.2. The van der Waals surface area contributed by atoms with E-state index in [1.165, 1.54) is 25.7 Å². The number of carbonyl (C=O) groups is 1. The van der Waals surface area contributed by atoms with Crippen LogP contribution in [-0.4, -0.2) is 30.3 Å². The Balaban J connectivity index is 3.27. The molecular weight excluding hydrogens is 206 g/mol. The zero-order valence-corrected chi connectivity index (χ0v) is 10.3. The molecule has 0 radical (unpaired) electrons. The second kappa shape index (κ2) is 10.9. The summed E-state index contributed by atoms with van der Waals surface area (Å²) < 4.78 is 4.99. The SMILES string of the molecule is CCCCCCCCOC(=O)C(N)CCO. The lowest BCUT2D eigenvalue weighted by molar-refractivity contribution is -0.145. The number of aliphatic hydroxyl groups excluding tert-OH is 1. The fourth-order valence-electron chi connectivity index (χ4n) is 1.42. The number of hydrogen-bond acceptors (Lipinski definition) is 4. The predicted octanol–water partition coefficient (Wildman–Crippen LogP) is 1.60. The van der Waals surface area contributed by atoms with Gasteiger partial charge in [0.2, 0.25) is 0 Å². The van der Waals surface area contributed by atoms with Gasteiger partial charge in [-0.2, -0.15) is 0 Å². The molecule has 0 fully saturated rings. The third-order valence-electron chi connectivity index (χ3n) is 2.49. The lowest BCUT2D eigenvalue weighted by atomic mass is 10.1. The molecule has 0 aromatic carbocycles. The van der Waals surface area contributed by atoms with Gasteiger partial charge in [0.15, 0.2) is 0 Å². The highest BCUT2D eigenvalue weighted by atomic mass is 16.5. The van der Waals surface area contributed by atoms with Gasteiger partial charge in [0.1, 0.15) is 6.04 Å². The molecule has 0 aliphatic rings. The van der Waals surface area contributed by atoms with Crippen LogP contribution < -0.4 is 5.73 Å². The highest BCUT2D eigenvalue weighted by Crippen LogP contribution is 2.05. The Morgan fingerprint density at radius 3 is 2.50 bits per heavy atom. The molecule has 4 heteroatoms. The number of unbranched alkanes of at least 4 members (excludes halogenated alkanes) is 5. The molecule has 0 aliphatic heterocycles. The van der Waals surface area contributed by atoms with E-state index in [-0.39, 0.29) is 13.0 Å². The maximum atomic E-state index is 11.2. The lowest BCUT2D eigenvalue weighted by Crippen LogP contribution is -2.33. The second-order valence-electron chi connectivity index (χ2n) is 4.05. The Morgan fingerprint density at radius 2 is 1.88 bits per heavy atom. The summed E-state index contributed by atoms with van der Waals surface area (Å²) in [5.41, 5.74) is 5.47. The van der Waals surface area contributed by atoms with Crippen LogP contribution >= 0.6 is 0 Å². The Labute approximate surface area is 98.2 Å². The van der Waals surface area contributed by atoms with Gasteiger partial charge in [-0.05, 0) is 12.8 Å². The smallest absolute Gasteiger partial charge is 0.322 e. The molecule has 4 nitrogen and oxygen atoms in total. The van der Waals surface area contributed by atoms with Crippen LogP contribution in [-0.2, 0) is 9.53 Å². The van der Waals surface area contributed by atoms with Crippen LogP contribution in [0, 0.1) is 0 Å². The summed E-state index contributed by atoms with van der Waals surface area (Å²) in [7, 11) is 0. The van der Waals surface area contributed by atoms with E-state index >= 15 is 0 Å². The predicted molar refractivity (Wildman–Crippen MR) is 64.0 cm³/mol. The van der Waals surface area contributed by atoms with Crippen molar-refractivity contribution in [2.24, 2.45) is 5.73 Å². The highest BCUT2D eigenvalue weighted by molar-refractivity contribution is 5.75. The first-order valence-corrected chi connectivity index (χ1v) is 6.25. The molecule has 96 valence electrons. The Kier molecular flexibility index (Phi) is 10.5. The topological polar surface area (TPSA) is 72.5 Å². The number of hydrogen-bond donors (Lipinski definition) is 2. The van der Waals surface area contributed by atoms with Gasteiger partial charge in [-0.15, -0.1) is 0 Å². The van der Waals surface area contributed by atoms with Crippen LogP contribution in [0.25, 0.3) is 0 Å². The standard InChI is InChI=1S/C12H25NO3/c1-2-3-4-5-6-7-10-16-12(15)11(13)8-9-14/h11,14H,2-10,13H2,1H3. The molecule has 0 heterocycles. The summed E-state index contributed by atoms with van der Waals surface area (Å²) >= 11 is 0. The van der Waals surface area contributed by atoms with Crippen LogP contribution in [0.3, 0.4) is 0 Å². The first-order valence-electron chi connectivity index (χ1n) is 6.25. The molecule has 0 spiro atoms. The van der Waals surface area contributed by atoms with Crippen LogP contribution in [0.5, 0.6) is 0 Å². The van der Waals surface area contributed by atoms with E-state index in [9.17, 15) is 4.79 Å². The number of ether oxygens (including phenoxy) is 1. The molecule has 1 atom stereocenters. The summed E-state index contributed by atoms with van der Waals surface area (Å²) in [6.07, 6.45) is 7.26. The van der Waals surface area contributed by atoms with E-state index in [4.69, 9.17) is 15.6 Å². The fraction of sp³-hybridized carbons (Fsp3) is 0.917. The monoisotopic (exact) mass is 231 g/mol. The second-order valence-corrected chi connectivity index (χ2v) is 4.05. The van der Waals surface area contributed by atoms with Crippen LogP contribution in [0.2, 0.25) is 0 Å². The zero-order valence-electron chi connectivity index (χ0n) is 10.3. The van der Waals surface area contributed by atoms with Crippen LogP contribution in [0.15, 0.2) is 0 Å². The minimum atomic E-state index is -0.676. The van der Waals surface area contributed by atoms with Gasteiger partial charge >= 0.3 is 5.97 Å². The first kappa shape index (κ1) is 15.4. The molecular formula is C12H25NO3. The molecule has 0 aromatic rings. The van der Waals surface area contributed by atoms with Crippen molar-refractivity contribution in [1.29, 1.82) is 0 Å². The van der Waals surface area contributed by atoms with Crippen LogP contribution in [0.4, 0.5) is 0 Å². The molecule has 1 unspecified atom stereocenters. The fourth-order valence-corrected chi connectivity index (χ4v) is 1.42. The third-order valence-corrected chi connectivity index (χ3v) is 2.49. The minimum absolute atomic E-state index is 0.0761. The van der Waals surface area contributed by atoms with E-state index in [1.807, 2.05) is 0 Å². The molecule has 0 saturated heterocycles. The number of nitrogens with two attached hydrogens (primary N) is 1. The number of rotatable bonds is 10. The molecule has 0 rings (SSSR count). The van der Waals surface area contributed by atoms with Gasteiger partial charge in [0.05, 0.1) is 6.61 Å². The lowest BCUT2D eigenvalue weighted by Gasteiger charge is -2.09. The molecule has 3 N–H and O–H groups in total. The van der Waals surface area contributed by atoms with Crippen LogP contribution in [0.1, 0.15) is 51.9 Å². The van der Waals surface area contributed by atoms with E-state index in [0.29, 0.717) is 6.61 Å². The van der Waals surface area contributed by atoms with Crippen molar-refractivity contribution < 1.29 is 14.6 Å². The van der Waals surface area contributed by atoms with Gasteiger partial charge in [-0.25, -0.2) is 0 Å². The third kappa shape index (κ3) is 8.68. The quantitative estimate of drug-likeness (QED) is 0.442. The first-order chi connectivity index (χ1) is 7.72. The molecule has 0 aromatic heterocycles. The Hall–Kier alpha value is -0.610. The van der Waals surface area contributed by atoms with E-state index in [0.717, 1.165) is 12.8 Å². The Bertz CT molecular complexity index is 174. The highest BCUT2D eigenvalue weighted by Gasteiger charge is 2.13. The molecule has 0 aliphatic carbocycles. The summed E-state index contributed by atoms with van der Waals surface area (Å²) in [4.78, 5) is 11.2. The van der Waals surface area contributed by atoms with Crippen molar-refractivity contribution in [1.82, 2.24) is 0 Å². The van der Waals surface area contributed by atoms with Gasteiger partial charge < -0.3 is 15.6 Å². The van der Waals surface area contributed by atoms with E-state index < -0.39 is 12.0 Å². The van der Waals surface area contributed by atoms with Gasteiger partial charge in [-0.3, -0.25) is 4.79 Å². The average molecular weight is 231 g/mol. The Morgan fingerprint density at radius 1 is 1.25 bits per heavy atom. The van der Waals surface area contributed by atoms with Crippen molar-refractivity contribution in [3.63, 3.8) is 0 Å². The van der Waals surface area contributed by atoms with Gasteiger partial charge in [0, 0.05) is 6.61 Å². The average Bonchev–Trinajstić information content (AvgIpc) is 2.28. The van der Waals surface area contributed by atoms with Crippen molar-refractivity contribution in [3.05, 3.63) is 0 Å². The van der Waals surface area contributed by atoms with Crippen molar-refractivity contribution in [2.75, 3.05) is 13.2 Å². The van der Waals surface area contributed by atoms with E-state index in [1.54, 1.807) is 0 Å². The van der Waals surface area contributed by atoms with Gasteiger partial charge in [-0.1, -0.05) is 39.0 Å². The van der Waals surface area contributed by atoms with Crippen molar-refractivity contribution in [3.8, 4) is 0 Å². The van der Waals surface area contributed by atoms with Crippen molar-refractivity contribution in [2.45, 2.75) is 57.9 Å². The number of carbonyl (C=O) groups excluding carboxylic acids is 1. The summed E-state index contributed by atoms with van der Waals surface area (Å²) in [6, 6.07) is -0.676. The van der Waals surface area contributed by atoms with Gasteiger partial charge in [0.25, 0.3) is 0 Å². The van der Waals surface area contributed by atoms with E-state index in [2.05, 4.69) is 6.92 Å². The number of aliphatic hydroxyl groups is 1. The maximum absolute atomic E-state index is 11.2. The summed E-state index contributed by atoms with van der Waals surface area (Å²) in [5, 5.41) is 8.59. The molecule has 16 heavy (non-hydrogen) atoms.